The third kappa shape index (κ3) is 6.50. The Morgan fingerprint density at radius 2 is 1.74 bits per heavy atom. The van der Waals surface area contributed by atoms with Gasteiger partial charge >= 0.3 is 5.97 Å². The van der Waals surface area contributed by atoms with Crippen molar-refractivity contribution >= 4 is 58.3 Å². The zero-order chi connectivity index (χ0) is 20.0. The van der Waals surface area contributed by atoms with Gasteiger partial charge in [-0.05, 0) is 37.3 Å². The van der Waals surface area contributed by atoms with Gasteiger partial charge in [-0.1, -0.05) is 34.8 Å². The van der Waals surface area contributed by atoms with Gasteiger partial charge < -0.3 is 10.1 Å². The maximum Gasteiger partial charge on any atom is 0.307 e. The molecule has 1 N–H and O–H groups in total. The van der Waals surface area contributed by atoms with Gasteiger partial charge in [-0.25, -0.2) is 4.98 Å². The molecule has 142 valence electrons. The van der Waals surface area contributed by atoms with E-state index >= 15 is 0 Å². The number of halogens is 3. The number of carbonyl (C=O) groups is 3. The fraction of sp³-hybridized carbons (Fsp3) is 0.222. The lowest BCUT2D eigenvalue weighted by molar-refractivity contribution is -0.153. The van der Waals surface area contributed by atoms with Gasteiger partial charge in [-0.2, -0.15) is 0 Å². The third-order valence-corrected chi connectivity index (χ3v) is 4.20. The fourth-order valence-corrected chi connectivity index (χ4v) is 2.58. The normalized spacial score (nSPS) is 11.6. The van der Waals surface area contributed by atoms with E-state index in [1.54, 1.807) is 24.3 Å². The van der Waals surface area contributed by atoms with E-state index in [1.807, 2.05) is 0 Å². The number of hydrogen-bond acceptors (Lipinski definition) is 5. The predicted octanol–water partition coefficient (Wildman–Crippen LogP) is 4.58. The molecular weight excluding hydrogens is 415 g/mol. The number of anilines is 1. The number of rotatable bonds is 7. The van der Waals surface area contributed by atoms with E-state index in [9.17, 15) is 14.4 Å². The van der Waals surface area contributed by atoms with Gasteiger partial charge in [-0.3, -0.25) is 14.4 Å². The first-order valence-electron chi connectivity index (χ1n) is 7.86. The molecular formula is C18H15Cl3N2O4. The highest BCUT2D eigenvalue weighted by Crippen LogP contribution is 2.22. The summed E-state index contributed by atoms with van der Waals surface area (Å²) in [5, 5.41) is 3.43. The Bertz CT molecular complexity index is 856. The van der Waals surface area contributed by atoms with Gasteiger partial charge in [0.2, 0.25) is 0 Å². The first-order valence-corrected chi connectivity index (χ1v) is 9.00. The zero-order valence-corrected chi connectivity index (χ0v) is 16.4. The average Bonchev–Trinajstić information content (AvgIpc) is 2.62. The van der Waals surface area contributed by atoms with E-state index < -0.39 is 18.0 Å². The van der Waals surface area contributed by atoms with Crippen LogP contribution < -0.4 is 5.32 Å². The van der Waals surface area contributed by atoms with Crippen molar-refractivity contribution in [3.63, 3.8) is 0 Å². The van der Waals surface area contributed by atoms with Crippen LogP contribution in [0.3, 0.4) is 0 Å². The SMILES string of the molecule is CC(OC(=O)CCC(=O)c1ccc(Cl)cc1)C(=O)Nc1ncc(Cl)cc1Cl. The van der Waals surface area contributed by atoms with Crippen molar-refractivity contribution in [3.8, 4) is 0 Å². The maximum atomic E-state index is 12.1. The standard InChI is InChI=1S/C18H15Cl3N2O4/c1-10(18(26)23-17-14(21)8-13(20)9-22-17)27-16(25)7-6-15(24)11-2-4-12(19)5-3-11/h2-5,8-10H,6-7H2,1H3,(H,22,23,26). The highest BCUT2D eigenvalue weighted by atomic mass is 35.5. The number of hydrogen-bond donors (Lipinski definition) is 1. The molecule has 6 nitrogen and oxygen atoms in total. The molecule has 0 saturated heterocycles. The molecule has 27 heavy (non-hydrogen) atoms. The summed E-state index contributed by atoms with van der Waals surface area (Å²) in [6.45, 7) is 1.40. The quantitative estimate of drug-likeness (QED) is 0.514. The maximum absolute atomic E-state index is 12.1. The minimum atomic E-state index is -1.09. The fourth-order valence-electron chi connectivity index (χ4n) is 2.03. The van der Waals surface area contributed by atoms with Gasteiger partial charge in [0, 0.05) is 23.2 Å². The highest BCUT2D eigenvalue weighted by molar-refractivity contribution is 6.36. The van der Waals surface area contributed by atoms with Crippen LogP contribution >= 0.6 is 34.8 Å². The summed E-state index contributed by atoms with van der Waals surface area (Å²) in [6, 6.07) is 7.76. The van der Waals surface area contributed by atoms with Crippen molar-refractivity contribution in [2.75, 3.05) is 5.32 Å². The van der Waals surface area contributed by atoms with Crippen LogP contribution in [0.5, 0.6) is 0 Å². The Labute approximate surface area is 170 Å². The summed E-state index contributed by atoms with van der Waals surface area (Å²) in [6.07, 6.45) is 0.0391. The monoisotopic (exact) mass is 428 g/mol. The predicted molar refractivity (Wildman–Crippen MR) is 103 cm³/mol. The Kier molecular flexibility index (Phi) is 7.59. The molecule has 0 saturated carbocycles. The smallest absolute Gasteiger partial charge is 0.307 e. The van der Waals surface area contributed by atoms with Crippen LogP contribution in [-0.2, 0) is 14.3 Å². The molecule has 0 bridgehead atoms. The minimum Gasteiger partial charge on any atom is -0.453 e. The van der Waals surface area contributed by atoms with E-state index in [0.29, 0.717) is 15.6 Å². The molecule has 2 aromatic rings. The lowest BCUT2D eigenvalue weighted by atomic mass is 10.1. The molecule has 0 aliphatic heterocycles. The number of aromatic nitrogens is 1. The Hall–Kier alpha value is -2.15. The summed E-state index contributed by atoms with van der Waals surface area (Å²) >= 11 is 17.4. The van der Waals surface area contributed by atoms with Crippen molar-refractivity contribution in [2.24, 2.45) is 0 Å². The average molecular weight is 430 g/mol. The molecule has 9 heteroatoms. The lowest BCUT2D eigenvalue weighted by Gasteiger charge is -2.13. The topological polar surface area (TPSA) is 85.4 Å². The van der Waals surface area contributed by atoms with Crippen LogP contribution in [0.15, 0.2) is 36.5 Å². The number of benzene rings is 1. The number of Topliss-reactive ketones (excluding diaryl/α,β-unsaturated/α-hetero) is 1. The Balaban J connectivity index is 1.82. The second-order valence-electron chi connectivity index (χ2n) is 5.54. The van der Waals surface area contributed by atoms with Gasteiger partial charge in [0.15, 0.2) is 17.7 Å². The van der Waals surface area contributed by atoms with E-state index in [-0.39, 0.29) is 29.5 Å². The van der Waals surface area contributed by atoms with Crippen molar-refractivity contribution < 1.29 is 19.1 Å². The Morgan fingerprint density at radius 1 is 1.07 bits per heavy atom. The van der Waals surface area contributed by atoms with Crippen molar-refractivity contribution in [2.45, 2.75) is 25.9 Å². The molecule has 0 fully saturated rings. The number of pyridine rings is 1. The number of carbonyl (C=O) groups excluding carboxylic acids is 3. The molecule has 1 aromatic heterocycles. The zero-order valence-electron chi connectivity index (χ0n) is 14.2. The van der Waals surface area contributed by atoms with Crippen LogP contribution in [0.25, 0.3) is 0 Å². The number of nitrogens with one attached hydrogen (secondary N) is 1. The first kappa shape index (κ1) is 21.2. The molecule has 1 amide bonds. The molecule has 1 aromatic carbocycles. The Morgan fingerprint density at radius 3 is 2.37 bits per heavy atom. The number of ether oxygens (including phenoxy) is 1. The molecule has 1 heterocycles. The number of amides is 1. The van der Waals surface area contributed by atoms with Gasteiger partial charge in [0.1, 0.15) is 0 Å². The molecule has 0 radical (unpaired) electrons. The van der Waals surface area contributed by atoms with Gasteiger partial charge in [0.05, 0.1) is 16.5 Å². The van der Waals surface area contributed by atoms with Crippen LogP contribution in [0.2, 0.25) is 15.1 Å². The summed E-state index contributed by atoms with van der Waals surface area (Å²) in [5.41, 5.74) is 0.446. The number of ketones is 1. The van der Waals surface area contributed by atoms with Crippen molar-refractivity contribution in [1.82, 2.24) is 4.98 Å². The lowest BCUT2D eigenvalue weighted by Crippen LogP contribution is -2.30. The first-order chi connectivity index (χ1) is 12.8. The second kappa shape index (κ2) is 9.69. The number of nitrogens with zero attached hydrogens (tertiary/aromatic N) is 1. The van der Waals surface area contributed by atoms with Crippen LogP contribution in [-0.4, -0.2) is 28.7 Å². The molecule has 0 spiro atoms. The third-order valence-electron chi connectivity index (χ3n) is 3.45. The van der Waals surface area contributed by atoms with Crippen molar-refractivity contribution in [3.05, 3.63) is 57.2 Å². The van der Waals surface area contributed by atoms with E-state index in [4.69, 9.17) is 39.5 Å². The largest absolute Gasteiger partial charge is 0.453 e. The van der Waals surface area contributed by atoms with Crippen LogP contribution in [0, 0.1) is 0 Å². The molecule has 1 atom stereocenters. The van der Waals surface area contributed by atoms with Crippen LogP contribution in [0.4, 0.5) is 5.82 Å². The van der Waals surface area contributed by atoms with E-state index in [2.05, 4.69) is 10.3 Å². The van der Waals surface area contributed by atoms with Gasteiger partial charge in [0.25, 0.3) is 5.91 Å². The highest BCUT2D eigenvalue weighted by Gasteiger charge is 2.20. The molecule has 1 unspecified atom stereocenters. The molecule has 0 aliphatic rings. The second-order valence-corrected chi connectivity index (χ2v) is 6.82. The molecule has 0 aliphatic carbocycles. The van der Waals surface area contributed by atoms with Crippen molar-refractivity contribution in [1.29, 1.82) is 0 Å². The molecule has 2 rings (SSSR count). The van der Waals surface area contributed by atoms with E-state index in [1.165, 1.54) is 19.2 Å². The summed E-state index contributed by atoms with van der Waals surface area (Å²) in [7, 11) is 0. The summed E-state index contributed by atoms with van der Waals surface area (Å²) in [5.74, 6) is -1.40. The minimum absolute atomic E-state index is 0.0423. The summed E-state index contributed by atoms with van der Waals surface area (Å²) < 4.78 is 5.03. The number of esters is 1. The van der Waals surface area contributed by atoms with E-state index in [0.717, 1.165) is 0 Å². The van der Waals surface area contributed by atoms with Gasteiger partial charge in [-0.15, -0.1) is 0 Å². The van der Waals surface area contributed by atoms with Crippen LogP contribution in [0.1, 0.15) is 30.1 Å². The summed E-state index contributed by atoms with van der Waals surface area (Å²) in [4.78, 5) is 39.9.